The van der Waals surface area contributed by atoms with Gasteiger partial charge in [0.15, 0.2) is 6.61 Å². The second-order valence-electron chi connectivity index (χ2n) is 4.47. The third-order valence-corrected chi connectivity index (χ3v) is 3.02. The van der Waals surface area contributed by atoms with Crippen LogP contribution in [0.5, 0.6) is 11.5 Å². The van der Waals surface area contributed by atoms with Crippen LogP contribution in [-0.2, 0) is 0 Å². The quantitative estimate of drug-likeness (QED) is 0.920. The Bertz CT molecular complexity index is 446. The number of hydrogen-bond donors (Lipinski definition) is 1. The van der Waals surface area contributed by atoms with Gasteiger partial charge < -0.3 is 19.7 Å². The fraction of sp³-hybridized carbons (Fsp3) is 0.538. The molecule has 2 rings (SSSR count). The molecule has 7 heteroatoms. The van der Waals surface area contributed by atoms with E-state index in [0.29, 0.717) is 11.4 Å². The number of anilines is 1. The number of alkyl halides is 3. The zero-order valence-corrected chi connectivity index (χ0v) is 11.2. The first-order chi connectivity index (χ1) is 9.49. The molecule has 1 aliphatic rings. The molecule has 1 fully saturated rings. The van der Waals surface area contributed by atoms with Crippen molar-refractivity contribution in [3.63, 3.8) is 0 Å². The van der Waals surface area contributed by atoms with Crippen LogP contribution in [0, 0.1) is 0 Å². The van der Waals surface area contributed by atoms with Crippen LogP contribution in [0.4, 0.5) is 18.9 Å². The average Bonchev–Trinajstić information content (AvgIpc) is 2.45. The summed E-state index contributed by atoms with van der Waals surface area (Å²) >= 11 is 0. The van der Waals surface area contributed by atoms with Gasteiger partial charge in [0.1, 0.15) is 11.5 Å². The predicted octanol–water partition coefficient (Wildman–Crippen LogP) is 2.05. The molecule has 1 saturated heterocycles. The van der Waals surface area contributed by atoms with Gasteiger partial charge in [0.05, 0.1) is 12.8 Å². The summed E-state index contributed by atoms with van der Waals surface area (Å²) < 4.78 is 46.9. The summed E-state index contributed by atoms with van der Waals surface area (Å²) in [6.45, 7) is 1.75. The molecule has 1 aliphatic heterocycles. The first kappa shape index (κ1) is 14.8. The maximum atomic E-state index is 12.3. The minimum absolute atomic E-state index is 0.198. The number of nitrogens with one attached hydrogen (secondary N) is 1. The Balaban J connectivity index is 2.20. The number of piperazine rings is 1. The summed E-state index contributed by atoms with van der Waals surface area (Å²) in [5, 5.41) is 3.20. The largest absolute Gasteiger partial charge is 0.497 e. The molecular weight excluding hydrogens is 273 g/mol. The minimum atomic E-state index is -4.36. The van der Waals surface area contributed by atoms with Crippen LogP contribution in [0.25, 0.3) is 0 Å². The molecule has 0 aromatic heterocycles. The maximum Gasteiger partial charge on any atom is 0.422 e. The zero-order valence-electron chi connectivity index (χ0n) is 11.2. The highest BCUT2D eigenvalue weighted by atomic mass is 19.4. The van der Waals surface area contributed by atoms with Gasteiger partial charge in [0, 0.05) is 32.2 Å². The van der Waals surface area contributed by atoms with Gasteiger partial charge >= 0.3 is 6.18 Å². The summed E-state index contributed by atoms with van der Waals surface area (Å²) in [5.41, 5.74) is 0.663. The number of methoxy groups -OCH3 is 1. The van der Waals surface area contributed by atoms with E-state index >= 15 is 0 Å². The van der Waals surface area contributed by atoms with Crippen LogP contribution in [-0.4, -0.2) is 46.1 Å². The standard InChI is InChI=1S/C13H17F3N2O2/c1-19-10-2-3-11(18-6-4-17-5-7-18)12(8-10)20-9-13(14,15)16/h2-3,8,17H,4-7,9H2,1H3. The highest BCUT2D eigenvalue weighted by Gasteiger charge is 2.29. The number of rotatable bonds is 4. The molecule has 0 aliphatic carbocycles. The molecule has 20 heavy (non-hydrogen) atoms. The Morgan fingerprint density at radius 3 is 2.55 bits per heavy atom. The van der Waals surface area contributed by atoms with E-state index in [-0.39, 0.29) is 5.75 Å². The first-order valence-electron chi connectivity index (χ1n) is 6.33. The van der Waals surface area contributed by atoms with Gasteiger partial charge in [-0.1, -0.05) is 0 Å². The zero-order chi connectivity index (χ0) is 14.6. The lowest BCUT2D eigenvalue weighted by atomic mass is 10.2. The fourth-order valence-corrected chi connectivity index (χ4v) is 2.06. The lowest BCUT2D eigenvalue weighted by Gasteiger charge is -2.31. The van der Waals surface area contributed by atoms with Gasteiger partial charge in [0.25, 0.3) is 0 Å². The van der Waals surface area contributed by atoms with Crippen molar-refractivity contribution >= 4 is 5.69 Å². The highest BCUT2D eigenvalue weighted by Crippen LogP contribution is 2.33. The van der Waals surface area contributed by atoms with Crippen molar-refractivity contribution in [3.8, 4) is 11.5 Å². The number of nitrogens with zero attached hydrogens (tertiary/aromatic N) is 1. The van der Waals surface area contributed by atoms with Gasteiger partial charge in [-0.15, -0.1) is 0 Å². The van der Waals surface area contributed by atoms with Crippen molar-refractivity contribution in [2.24, 2.45) is 0 Å². The van der Waals surface area contributed by atoms with Crippen LogP contribution in [0.15, 0.2) is 18.2 Å². The van der Waals surface area contributed by atoms with Gasteiger partial charge in [-0.2, -0.15) is 13.2 Å². The Labute approximate surface area is 115 Å². The van der Waals surface area contributed by atoms with Crippen molar-refractivity contribution in [2.45, 2.75) is 6.18 Å². The van der Waals surface area contributed by atoms with Gasteiger partial charge in [-0.25, -0.2) is 0 Å². The van der Waals surface area contributed by atoms with Crippen LogP contribution in [0.3, 0.4) is 0 Å². The van der Waals surface area contributed by atoms with E-state index in [2.05, 4.69) is 5.32 Å². The topological polar surface area (TPSA) is 33.7 Å². The molecule has 1 aromatic carbocycles. The minimum Gasteiger partial charge on any atom is -0.497 e. The molecule has 112 valence electrons. The fourth-order valence-electron chi connectivity index (χ4n) is 2.06. The Morgan fingerprint density at radius 2 is 1.95 bits per heavy atom. The molecule has 0 radical (unpaired) electrons. The van der Waals surface area contributed by atoms with E-state index in [1.165, 1.54) is 13.2 Å². The predicted molar refractivity (Wildman–Crippen MR) is 69.6 cm³/mol. The first-order valence-corrected chi connectivity index (χ1v) is 6.33. The van der Waals surface area contributed by atoms with Crippen molar-refractivity contribution < 1.29 is 22.6 Å². The number of benzene rings is 1. The molecule has 1 aromatic rings. The Hall–Kier alpha value is -1.63. The van der Waals surface area contributed by atoms with E-state index in [1.54, 1.807) is 12.1 Å². The lowest BCUT2D eigenvalue weighted by Crippen LogP contribution is -2.43. The number of ether oxygens (including phenoxy) is 2. The molecule has 0 saturated carbocycles. The van der Waals surface area contributed by atoms with Gasteiger partial charge in [0.2, 0.25) is 0 Å². The molecule has 0 spiro atoms. The Morgan fingerprint density at radius 1 is 1.25 bits per heavy atom. The average molecular weight is 290 g/mol. The summed E-state index contributed by atoms with van der Waals surface area (Å²) in [5.74, 6) is 0.671. The lowest BCUT2D eigenvalue weighted by molar-refractivity contribution is -0.153. The van der Waals surface area contributed by atoms with Crippen molar-refractivity contribution in [1.29, 1.82) is 0 Å². The number of halogens is 3. The third-order valence-electron chi connectivity index (χ3n) is 3.02. The molecule has 0 bridgehead atoms. The van der Waals surface area contributed by atoms with E-state index in [0.717, 1.165) is 26.2 Å². The smallest absolute Gasteiger partial charge is 0.422 e. The highest BCUT2D eigenvalue weighted by molar-refractivity contribution is 5.61. The number of hydrogen-bond acceptors (Lipinski definition) is 4. The molecule has 1 N–H and O–H groups in total. The summed E-state index contributed by atoms with van der Waals surface area (Å²) in [6, 6.07) is 4.94. The monoisotopic (exact) mass is 290 g/mol. The van der Waals surface area contributed by atoms with Crippen LogP contribution in [0.2, 0.25) is 0 Å². The van der Waals surface area contributed by atoms with Gasteiger partial charge in [-0.05, 0) is 12.1 Å². The third kappa shape index (κ3) is 3.93. The molecule has 0 unspecified atom stereocenters. The second-order valence-corrected chi connectivity index (χ2v) is 4.47. The second kappa shape index (κ2) is 6.21. The van der Waals surface area contributed by atoms with Crippen molar-refractivity contribution in [2.75, 3.05) is 44.8 Å². The van der Waals surface area contributed by atoms with Crippen LogP contribution >= 0.6 is 0 Å². The molecular formula is C13H17F3N2O2. The SMILES string of the molecule is COc1ccc(N2CCNCC2)c(OCC(F)(F)F)c1. The molecule has 0 atom stereocenters. The molecule has 0 amide bonds. The summed E-state index contributed by atoms with van der Waals surface area (Å²) in [7, 11) is 1.47. The summed E-state index contributed by atoms with van der Waals surface area (Å²) in [4.78, 5) is 2.00. The van der Waals surface area contributed by atoms with E-state index in [4.69, 9.17) is 9.47 Å². The van der Waals surface area contributed by atoms with Gasteiger partial charge in [-0.3, -0.25) is 0 Å². The van der Waals surface area contributed by atoms with E-state index in [1.807, 2.05) is 4.90 Å². The molecule has 4 nitrogen and oxygen atoms in total. The normalized spacial score (nSPS) is 16.1. The van der Waals surface area contributed by atoms with Crippen molar-refractivity contribution in [1.82, 2.24) is 5.32 Å². The van der Waals surface area contributed by atoms with Crippen LogP contribution in [0.1, 0.15) is 0 Å². The maximum absolute atomic E-state index is 12.3. The van der Waals surface area contributed by atoms with E-state index < -0.39 is 12.8 Å². The Kier molecular flexibility index (Phi) is 4.59. The van der Waals surface area contributed by atoms with E-state index in [9.17, 15) is 13.2 Å². The van der Waals surface area contributed by atoms with Crippen molar-refractivity contribution in [3.05, 3.63) is 18.2 Å². The molecule has 1 heterocycles. The summed E-state index contributed by atoms with van der Waals surface area (Å²) in [6.07, 6.45) is -4.36. The van der Waals surface area contributed by atoms with Crippen LogP contribution < -0.4 is 19.7 Å².